The first-order chi connectivity index (χ1) is 15.5. The number of methoxy groups -OCH3 is 1. The second-order valence-corrected chi connectivity index (χ2v) is 14.4. The number of esters is 1. The van der Waals surface area contributed by atoms with Gasteiger partial charge >= 0.3 is 5.97 Å². The summed E-state index contributed by atoms with van der Waals surface area (Å²) < 4.78 is 22.1. The summed E-state index contributed by atoms with van der Waals surface area (Å²) in [6, 6.07) is 0. The summed E-state index contributed by atoms with van der Waals surface area (Å²) in [6.45, 7) is 15.6. The fraction of sp³-hybridized carbons (Fsp3) is 0.538. The topological polar surface area (TPSA) is 74.1 Å². The molecule has 7 heteroatoms. The molecule has 6 nitrogen and oxygen atoms in total. The number of ether oxygens (including phenoxy) is 2. The minimum atomic E-state index is -1.68. The molecule has 1 fully saturated rings. The fourth-order valence-corrected chi connectivity index (χ4v) is 4.67. The zero-order chi connectivity index (χ0) is 24.6. The van der Waals surface area contributed by atoms with E-state index in [9.17, 15) is 4.79 Å². The van der Waals surface area contributed by atoms with Crippen molar-refractivity contribution in [2.75, 3.05) is 7.11 Å². The summed E-state index contributed by atoms with van der Waals surface area (Å²) in [5, 5.41) is 0. The van der Waals surface area contributed by atoms with Crippen molar-refractivity contribution in [1.29, 1.82) is 0 Å². The number of rotatable bonds is 12. The standard InChI is InChI=1S/C26H39NO5Si/c1-9-13-19(2)26(3,4)23(32-33(6,7)8)16-12-15-22-21(31-22)14-10-11-17-24-27-20(18-30-24)25(28)29-5/h9-15,17-19,21-23H,16H2,1-8H3/b13-9+,14-10+,15-12-,17-11-/t19-,21-,22+,23-/m0/s1. The highest BCUT2D eigenvalue weighted by molar-refractivity contribution is 6.69. The van der Waals surface area contributed by atoms with E-state index in [2.05, 4.69) is 81.4 Å². The van der Waals surface area contributed by atoms with Gasteiger partial charge in [0, 0.05) is 6.08 Å². The summed E-state index contributed by atoms with van der Waals surface area (Å²) in [5.74, 6) is 0.243. The van der Waals surface area contributed by atoms with Crippen molar-refractivity contribution in [2.24, 2.45) is 11.3 Å². The highest BCUT2D eigenvalue weighted by Crippen LogP contribution is 2.37. The number of hydrogen-bond acceptors (Lipinski definition) is 6. The van der Waals surface area contributed by atoms with Crippen LogP contribution in [0, 0.1) is 11.3 Å². The van der Waals surface area contributed by atoms with E-state index >= 15 is 0 Å². The van der Waals surface area contributed by atoms with Gasteiger partial charge in [0.25, 0.3) is 0 Å². The highest BCUT2D eigenvalue weighted by Gasteiger charge is 2.37. The average molecular weight is 474 g/mol. The quantitative estimate of drug-likeness (QED) is 0.118. The predicted molar refractivity (Wildman–Crippen MR) is 134 cm³/mol. The lowest BCUT2D eigenvalue weighted by molar-refractivity contribution is 0.0424. The summed E-state index contributed by atoms with van der Waals surface area (Å²) in [4.78, 5) is 15.4. The number of oxazole rings is 1. The van der Waals surface area contributed by atoms with Crippen molar-refractivity contribution in [3.8, 4) is 0 Å². The molecule has 1 aromatic heterocycles. The van der Waals surface area contributed by atoms with Gasteiger partial charge in [-0.15, -0.1) is 0 Å². The smallest absolute Gasteiger partial charge is 0.360 e. The van der Waals surface area contributed by atoms with Crippen molar-refractivity contribution in [1.82, 2.24) is 4.98 Å². The molecule has 0 saturated carbocycles. The van der Waals surface area contributed by atoms with Crippen LogP contribution in [0.3, 0.4) is 0 Å². The lowest BCUT2D eigenvalue weighted by Gasteiger charge is -2.41. The highest BCUT2D eigenvalue weighted by atomic mass is 28.4. The molecule has 0 bridgehead atoms. The zero-order valence-electron chi connectivity index (χ0n) is 21.2. The van der Waals surface area contributed by atoms with Gasteiger partial charge in [0.05, 0.1) is 13.2 Å². The minimum Gasteiger partial charge on any atom is -0.464 e. The molecule has 2 heterocycles. The Kier molecular flexibility index (Phi) is 9.64. The Balaban J connectivity index is 1.88. The van der Waals surface area contributed by atoms with Gasteiger partial charge in [-0.2, -0.15) is 0 Å². The van der Waals surface area contributed by atoms with Crippen LogP contribution >= 0.6 is 0 Å². The molecular formula is C26H39NO5Si. The van der Waals surface area contributed by atoms with E-state index in [4.69, 9.17) is 13.6 Å². The van der Waals surface area contributed by atoms with Gasteiger partial charge in [0.15, 0.2) is 14.0 Å². The third-order valence-corrected chi connectivity index (χ3v) is 6.78. The average Bonchev–Trinajstić information content (AvgIpc) is 3.31. The van der Waals surface area contributed by atoms with Crippen molar-refractivity contribution in [3.05, 3.63) is 60.4 Å². The van der Waals surface area contributed by atoms with Crippen LogP contribution in [0.5, 0.6) is 0 Å². The number of aromatic nitrogens is 1. The maximum Gasteiger partial charge on any atom is 0.360 e. The third-order valence-electron chi connectivity index (χ3n) is 5.78. The Hall–Kier alpha value is -2.22. The summed E-state index contributed by atoms with van der Waals surface area (Å²) >= 11 is 0. The van der Waals surface area contributed by atoms with Gasteiger partial charge in [0.1, 0.15) is 18.5 Å². The van der Waals surface area contributed by atoms with Crippen LogP contribution in [0.25, 0.3) is 6.08 Å². The molecule has 33 heavy (non-hydrogen) atoms. The number of carbonyl (C=O) groups excluding carboxylic acids is 1. The van der Waals surface area contributed by atoms with E-state index < -0.39 is 14.3 Å². The number of epoxide rings is 1. The van der Waals surface area contributed by atoms with Crippen molar-refractivity contribution >= 4 is 20.4 Å². The van der Waals surface area contributed by atoms with Crippen LogP contribution in [-0.2, 0) is 13.9 Å². The lowest BCUT2D eigenvalue weighted by Crippen LogP contribution is -2.43. The van der Waals surface area contributed by atoms with E-state index in [-0.39, 0.29) is 29.4 Å². The van der Waals surface area contributed by atoms with Gasteiger partial charge in [-0.3, -0.25) is 0 Å². The zero-order valence-corrected chi connectivity index (χ0v) is 22.2. The molecule has 0 N–H and O–H groups in total. The van der Waals surface area contributed by atoms with Gasteiger partial charge in [0.2, 0.25) is 5.89 Å². The molecule has 1 aromatic rings. The lowest BCUT2D eigenvalue weighted by atomic mass is 9.74. The summed E-state index contributed by atoms with van der Waals surface area (Å²) in [6.07, 6.45) is 18.5. The first-order valence-electron chi connectivity index (χ1n) is 11.5. The largest absolute Gasteiger partial charge is 0.464 e. The monoisotopic (exact) mass is 473 g/mol. The van der Waals surface area contributed by atoms with Crippen molar-refractivity contribution < 1.29 is 23.1 Å². The SMILES string of the molecule is C/C=C/[C@H](C)C(C)(C)[C@H](C/C=C\[C@H]1O[C@H]1/C=C/C=C\c1nc(C(=O)OC)co1)O[Si](C)(C)C. The molecule has 1 aliphatic rings. The van der Waals surface area contributed by atoms with Crippen molar-refractivity contribution in [2.45, 2.75) is 72.1 Å². The van der Waals surface area contributed by atoms with E-state index in [1.807, 2.05) is 12.2 Å². The molecule has 0 amide bonds. The van der Waals surface area contributed by atoms with Crippen LogP contribution in [0.4, 0.5) is 0 Å². The number of allylic oxidation sites excluding steroid dienone is 4. The second-order valence-electron chi connectivity index (χ2n) is 9.89. The molecule has 0 radical (unpaired) electrons. The van der Waals surface area contributed by atoms with Crippen LogP contribution in [0.1, 0.15) is 50.5 Å². The maximum absolute atomic E-state index is 11.4. The van der Waals surface area contributed by atoms with E-state index in [1.165, 1.54) is 13.4 Å². The second kappa shape index (κ2) is 11.8. The molecule has 0 aliphatic carbocycles. The molecule has 1 aliphatic heterocycles. The van der Waals surface area contributed by atoms with E-state index in [0.29, 0.717) is 11.8 Å². The van der Waals surface area contributed by atoms with Crippen LogP contribution in [-0.4, -0.2) is 44.7 Å². The Morgan fingerprint density at radius 1 is 1.24 bits per heavy atom. The molecule has 4 atom stereocenters. The summed E-state index contributed by atoms with van der Waals surface area (Å²) in [7, 11) is -0.371. The fourth-order valence-electron chi connectivity index (χ4n) is 3.42. The molecule has 182 valence electrons. The van der Waals surface area contributed by atoms with Gasteiger partial charge < -0.3 is 18.3 Å². The molecule has 0 unspecified atom stereocenters. The molecule has 2 rings (SSSR count). The normalized spacial score (nSPS) is 21.5. The van der Waals surface area contributed by atoms with E-state index in [1.54, 1.807) is 12.2 Å². The molecule has 0 aromatic carbocycles. The van der Waals surface area contributed by atoms with Crippen LogP contribution in [0.2, 0.25) is 19.6 Å². The van der Waals surface area contributed by atoms with Gasteiger partial charge in [-0.25, -0.2) is 9.78 Å². The van der Waals surface area contributed by atoms with Crippen LogP contribution < -0.4 is 0 Å². The predicted octanol–water partition coefficient (Wildman–Crippen LogP) is 6.20. The first kappa shape index (κ1) is 27.0. The number of hydrogen-bond donors (Lipinski definition) is 0. The minimum absolute atomic E-state index is 0.0270. The number of nitrogens with zero attached hydrogens (tertiary/aromatic N) is 1. The van der Waals surface area contributed by atoms with E-state index in [0.717, 1.165) is 6.42 Å². The Bertz CT molecular complexity index is 891. The van der Waals surface area contributed by atoms with Gasteiger partial charge in [-0.1, -0.05) is 63.3 Å². The summed E-state index contributed by atoms with van der Waals surface area (Å²) in [5.41, 5.74) is 0.177. The molecular weight excluding hydrogens is 434 g/mol. The Morgan fingerprint density at radius 2 is 1.94 bits per heavy atom. The Labute approximate surface area is 199 Å². The molecule has 1 saturated heterocycles. The Morgan fingerprint density at radius 3 is 2.58 bits per heavy atom. The van der Waals surface area contributed by atoms with Crippen LogP contribution in [0.15, 0.2) is 53.2 Å². The van der Waals surface area contributed by atoms with Crippen molar-refractivity contribution in [3.63, 3.8) is 0 Å². The van der Waals surface area contributed by atoms with Gasteiger partial charge in [-0.05, 0) is 44.3 Å². The third kappa shape index (κ3) is 8.57. The maximum atomic E-state index is 11.4. The molecule has 0 spiro atoms. The first-order valence-corrected chi connectivity index (χ1v) is 14.9. The number of carbonyl (C=O) groups is 1.